The number of hydrogen-bond donors (Lipinski definition) is 3. The Labute approximate surface area is 164 Å². The molecule has 2 aromatic heterocycles. The zero-order chi connectivity index (χ0) is 17.2. The number of quaternary nitrogens is 1. The summed E-state index contributed by atoms with van der Waals surface area (Å²) in [4.78, 5) is 9.81. The highest BCUT2D eigenvalue weighted by atomic mass is 35.5. The van der Waals surface area contributed by atoms with E-state index in [1.54, 1.807) is 46.6 Å². The molecule has 0 aromatic carbocycles. The third kappa shape index (κ3) is 7.04. The second-order valence-electron chi connectivity index (χ2n) is 5.23. The standard InChI is InChI=1S/C7H6N4S.C4H9N3S.C3H7N.ClH/c12-7(10-3-1-8-5-10)11-4-2-9-6-11;5-6-4(8)7-2-1-3-7;1-2-4-3-1;/h1-6H;1-3,5H2,(H,6,8);4H,1-3H2;1H. The topological polar surface area (TPSA) is 93.5 Å². The number of aromatic nitrogens is 4. The quantitative estimate of drug-likeness (QED) is 0.236. The normalized spacial score (nSPS) is 14.2. The van der Waals surface area contributed by atoms with Crippen molar-refractivity contribution in [2.45, 2.75) is 12.8 Å². The van der Waals surface area contributed by atoms with Crippen LogP contribution in [0, 0.1) is 0 Å². The van der Waals surface area contributed by atoms with Crippen LogP contribution in [-0.2, 0) is 0 Å². The van der Waals surface area contributed by atoms with Crippen LogP contribution in [0.15, 0.2) is 37.4 Å². The van der Waals surface area contributed by atoms with Crippen molar-refractivity contribution in [2.24, 2.45) is 5.84 Å². The van der Waals surface area contributed by atoms with Gasteiger partial charge in [0, 0.05) is 44.3 Å². The minimum Gasteiger partial charge on any atom is -1.00 e. The van der Waals surface area contributed by atoms with E-state index in [0.29, 0.717) is 10.2 Å². The molecule has 4 rings (SSSR count). The van der Waals surface area contributed by atoms with E-state index in [2.05, 4.69) is 20.7 Å². The molecule has 0 bridgehead atoms. The molecule has 138 valence electrons. The van der Waals surface area contributed by atoms with Gasteiger partial charge in [-0.15, -0.1) is 0 Å². The second-order valence-corrected chi connectivity index (χ2v) is 5.98. The molecular formula is C14H23ClN8S2. The molecule has 8 nitrogen and oxygen atoms in total. The number of halogens is 1. The Kier molecular flexibility index (Phi) is 10.2. The van der Waals surface area contributed by atoms with E-state index in [0.717, 1.165) is 13.1 Å². The smallest absolute Gasteiger partial charge is 0.190 e. The molecule has 0 unspecified atom stereocenters. The average molecular weight is 403 g/mol. The van der Waals surface area contributed by atoms with Crippen molar-refractivity contribution in [3.05, 3.63) is 37.4 Å². The van der Waals surface area contributed by atoms with Crippen LogP contribution in [0.2, 0.25) is 0 Å². The van der Waals surface area contributed by atoms with E-state index in [9.17, 15) is 0 Å². The Hall–Kier alpha value is -1.59. The predicted molar refractivity (Wildman–Crippen MR) is 100 cm³/mol. The number of hydrogen-bond acceptors (Lipinski definition) is 5. The van der Waals surface area contributed by atoms with Crippen LogP contribution in [0.1, 0.15) is 12.8 Å². The summed E-state index contributed by atoms with van der Waals surface area (Å²) in [5, 5.41) is 3.61. The summed E-state index contributed by atoms with van der Waals surface area (Å²) in [5.41, 5.74) is 2.42. The SMILES string of the molecule is C1C[NH2+]C1.NNC(=S)N1CCC1.S=C(n1ccnc1)n1ccnc1.[Cl-]. The summed E-state index contributed by atoms with van der Waals surface area (Å²) >= 11 is 9.96. The molecule has 2 aliphatic heterocycles. The van der Waals surface area contributed by atoms with Gasteiger partial charge in [-0.25, -0.2) is 15.8 Å². The van der Waals surface area contributed by atoms with Crippen LogP contribution >= 0.6 is 24.4 Å². The molecule has 2 aliphatic rings. The molecule has 0 radical (unpaired) electrons. The maximum atomic E-state index is 5.14. The molecule has 5 N–H and O–H groups in total. The number of rotatable bonds is 0. The lowest BCUT2D eigenvalue weighted by molar-refractivity contribution is -0.705. The van der Waals surface area contributed by atoms with Crippen LogP contribution in [-0.4, -0.2) is 60.4 Å². The van der Waals surface area contributed by atoms with E-state index >= 15 is 0 Å². The summed E-state index contributed by atoms with van der Waals surface area (Å²) in [7, 11) is 0. The summed E-state index contributed by atoms with van der Waals surface area (Å²) in [5.74, 6) is 5.05. The summed E-state index contributed by atoms with van der Waals surface area (Å²) in [6.45, 7) is 4.87. The zero-order valence-electron chi connectivity index (χ0n) is 13.8. The largest absolute Gasteiger partial charge is 1.00 e. The van der Waals surface area contributed by atoms with Crippen molar-refractivity contribution < 1.29 is 17.7 Å². The lowest BCUT2D eigenvalue weighted by Crippen LogP contribution is -3.00. The van der Waals surface area contributed by atoms with Gasteiger partial charge in [0.2, 0.25) is 0 Å². The van der Waals surface area contributed by atoms with E-state index in [1.165, 1.54) is 25.9 Å². The number of nitrogens with zero attached hydrogens (tertiary/aromatic N) is 5. The Morgan fingerprint density at radius 2 is 1.48 bits per heavy atom. The minimum absolute atomic E-state index is 0. The van der Waals surface area contributed by atoms with Gasteiger partial charge in [0.1, 0.15) is 12.7 Å². The highest BCUT2D eigenvalue weighted by Gasteiger charge is 2.14. The molecule has 0 atom stereocenters. The Morgan fingerprint density at radius 3 is 1.68 bits per heavy atom. The van der Waals surface area contributed by atoms with Crippen molar-refractivity contribution in [1.29, 1.82) is 0 Å². The number of nitrogens with two attached hydrogens (primary N) is 2. The van der Waals surface area contributed by atoms with Crippen LogP contribution in [0.5, 0.6) is 0 Å². The Balaban J connectivity index is 0.000000208. The van der Waals surface area contributed by atoms with Gasteiger partial charge in [0.25, 0.3) is 0 Å². The summed E-state index contributed by atoms with van der Waals surface area (Å²) in [6, 6.07) is 0. The van der Waals surface area contributed by atoms with Gasteiger partial charge in [-0.05, 0) is 30.9 Å². The predicted octanol–water partition coefficient (Wildman–Crippen LogP) is -3.84. The van der Waals surface area contributed by atoms with E-state index < -0.39 is 0 Å². The number of hydrazine groups is 1. The molecule has 2 saturated heterocycles. The number of likely N-dealkylation sites (tertiary alicyclic amines) is 1. The van der Waals surface area contributed by atoms with Crippen LogP contribution in [0.25, 0.3) is 0 Å². The lowest BCUT2D eigenvalue weighted by Gasteiger charge is -2.32. The maximum Gasteiger partial charge on any atom is 0.190 e. The van der Waals surface area contributed by atoms with Crippen molar-refractivity contribution in [1.82, 2.24) is 29.4 Å². The third-order valence-electron chi connectivity index (χ3n) is 3.53. The fourth-order valence-corrected chi connectivity index (χ4v) is 2.09. The molecule has 0 aliphatic carbocycles. The van der Waals surface area contributed by atoms with Gasteiger partial charge in [-0.3, -0.25) is 9.13 Å². The molecule has 2 fully saturated rings. The van der Waals surface area contributed by atoms with Gasteiger partial charge in [0.05, 0.1) is 13.1 Å². The molecule has 2 aromatic rings. The van der Waals surface area contributed by atoms with E-state index in [1.807, 2.05) is 4.90 Å². The highest BCUT2D eigenvalue weighted by Crippen LogP contribution is 2.04. The van der Waals surface area contributed by atoms with Gasteiger partial charge in [-0.1, -0.05) is 0 Å². The van der Waals surface area contributed by atoms with Crippen molar-refractivity contribution >= 4 is 34.7 Å². The summed E-state index contributed by atoms with van der Waals surface area (Å²) < 4.78 is 3.49. The number of imidazole rings is 2. The molecule has 0 saturated carbocycles. The lowest BCUT2D eigenvalue weighted by atomic mass is 10.2. The Bertz CT molecular complexity index is 569. The fourth-order valence-electron chi connectivity index (χ4n) is 1.69. The van der Waals surface area contributed by atoms with E-state index in [-0.39, 0.29) is 12.4 Å². The molecule has 0 spiro atoms. The van der Waals surface area contributed by atoms with Gasteiger partial charge in [-0.2, -0.15) is 0 Å². The summed E-state index contributed by atoms with van der Waals surface area (Å²) in [6.07, 6.45) is 12.9. The second kappa shape index (κ2) is 11.9. The molecule has 25 heavy (non-hydrogen) atoms. The molecule has 0 amide bonds. The van der Waals surface area contributed by atoms with Crippen molar-refractivity contribution in [2.75, 3.05) is 26.2 Å². The van der Waals surface area contributed by atoms with Gasteiger partial charge < -0.3 is 28.0 Å². The van der Waals surface area contributed by atoms with Gasteiger partial charge in [0.15, 0.2) is 10.2 Å². The Morgan fingerprint density at radius 1 is 1.00 bits per heavy atom. The van der Waals surface area contributed by atoms with E-state index in [4.69, 9.17) is 30.3 Å². The van der Waals surface area contributed by atoms with Gasteiger partial charge >= 0.3 is 0 Å². The first-order chi connectivity index (χ1) is 11.7. The zero-order valence-corrected chi connectivity index (χ0v) is 16.2. The van der Waals surface area contributed by atoms with Crippen LogP contribution < -0.4 is 29.0 Å². The molecule has 4 heterocycles. The monoisotopic (exact) mass is 402 g/mol. The maximum absolute atomic E-state index is 5.14. The number of thiocarbonyl (C=S) groups is 2. The van der Waals surface area contributed by atoms with Crippen molar-refractivity contribution in [3.63, 3.8) is 0 Å². The first-order valence-electron chi connectivity index (χ1n) is 7.80. The molecule has 11 heteroatoms. The van der Waals surface area contributed by atoms with Crippen molar-refractivity contribution in [3.8, 4) is 0 Å². The highest BCUT2D eigenvalue weighted by molar-refractivity contribution is 7.80. The third-order valence-corrected chi connectivity index (χ3v) is 4.33. The first kappa shape index (κ1) is 21.5. The fraction of sp³-hybridized carbons (Fsp3) is 0.429. The first-order valence-corrected chi connectivity index (χ1v) is 8.62. The molecular weight excluding hydrogens is 380 g/mol. The minimum atomic E-state index is 0. The number of nitrogens with one attached hydrogen (secondary N) is 1. The van der Waals surface area contributed by atoms with Crippen LogP contribution in [0.3, 0.4) is 0 Å². The average Bonchev–Trinajstić information content (AvgIpc) is 3.17. The van der Waals surface area contributed by atoms with Crippen LogP contribution in [0.4, 0.5) is 0 Å².